The minimum atomic E-state index is -0.442. The average molecular weight is 613 g/mol. The number of piperidine rings is 1. The van der Waals surface area contributed by atoms with E-state index in [2.05, 4.69) is 24.0 Å². The Morgan fingerprint density at radius 1 is 1.02 bits per heavy atom. The molecular formula is C34H34ClFN6O2. The Kier molecular flexibility index (Phi) is 8.33. The summed E-state index contributed by atoms with van der Waals surface area (Å²) in [6.07, 6.45) is 3.67. The molecule has 3 aromatic carbocycles. The Balaban J connectivity index is 1.33. The van der Waals surface area contributed by atoms with Gasteiger partial charge in [-0.15, -0.1) is 0 Å². The van der Waals surface area contributed by atoms with Crippen LogP contribution in [-0.2, 0) is 6.54 Å². The zero-order chi connectivity index (χ0) is 31.0. The number of likely N-dealkylation sites (tertiary alicyclic amines) is 1. The number of hydrogen-bond acceptors (Lipinski definition) is 7. The monoisotopic (exact) mass is 612 g/mol. The Bertz CT molecular complexity index is 1750. The Morgan fingerprint density at radius 3 is 2.55 bits per heavy atom. The van der Waals surface area contributed by atoms with E-state index in [4.69, 9.17) is 26.3 Å². The highest BCUT2D eigenvalue weighted by Crippen LogP contribution is 2.37. The molecule has 0 bridgehead atoms. The van der Waals surface area contributed by atoms with Gasteiger partial charge in [-0.1, -0.05) is 29.8 Å². The maximum atomic E-state index is 15.2. The molecule has 0 radical (unpaired) electrons. The van der Waals surface area contributed by atoms with Gasteiger partial charge in [0.15, 0.2) is 0 Å². The van der Waals surface area contributed by atoms with Gasteiger partial charge in [0.25, 0.3) is 5.91 Å². The number of hydrogen-bond donors (Lipinski definition) is 0. The maximum absolute atomic E-state index is 15.2. The molecule has 0 N–H and O–H groups in total. The molecule has 0 spiro atoms. The zero-order valence-corrected chi connectivity index (χ0v) is 26.0. The predicted octanol–water partition coefficient (Wildman–Crippen LogP) is 6.23. The van der Waals surface area contributed by atoms with Crippen molar-refractivity contribution in [1.29, 1.82) is 0 Å². The summed E-state index contributed by atoms with van der Waals surface area (Å²) in [6.45, 7) is 1.72. The highest BCUT2D eigenvalue weighted by molar-refractivity contribution is 6.31. The van der Waals surface area contributed by atoms with E-state index in [1.54, 1.807) is 30.5 Å². The zero-order valence-electron chi connectivity index (χ0n) is 25.2. The second kappa shape index (κ2) is 12.3. The van der Waals surface area contributed by atoms with E-state index in [1.165, 1.54) is 13.2 Å². The summed E-state index contributed by atoms with van der Waals surface area (Å²) in [4.78, 5) is 33.9. The van der Waals surface area contributed by atoms with Crippen LogP contribution in [0.25, 0.3) is 11.3 Å². The Morgan fingerprint density at radius 2 is 1.80 bits per heavy atom. The van der Waals surface area contributed by atoms with Crippen LogP contribution in [0.3, 0.4) is 0 Å². The van der Waals surface area contributed by atoms with E-state index in [0.29, 0.717) is 45.3 Å². The molecule has 1 aromatic heterocycles. The van der Waals surface area contributed by atoms with Crippen molar-refractivity contribution in [2.24, 2.45) is 4.99 Å². The number of halogens is 2. The van der Waals surface area contributed by atoms with Crippen molar-refractivity contribution in [3.05, 3.63) is 100.0 Å². The number of nitrogens with zero attached hydrogens (tertiary/aromatic N) is 6. The van der Waals surface area contributed by atoms with Gasteiger partial charge >= 0.3 is 0 Å². The van der Waals surface area contributed by atoms with E-state index < -0.39 is 5.82 Å². The molecule has 0 saturated carbocycles. The third-order valence-electron chi connectivity index (χ3n) is 8.45. The minimum absolute atomic E-state index is 0.0272. The Hall–Kier alpha value is -4.34. The van der Waals surface area contributed by atoms with Crippen LogP contribution in [0.4, 0.5) is 16.0 Å². The molecule has 44 heavy (non-hydrogen) atoms. The molecule has 6 rings (SSSR count). The SMILES string of the molecule is COc1cccc(F)c1C1=NCc2cnc(N(C)c3cccc(C(=O)N4CCC(N(C)C)CC4)c3)nc2-c2ccc(Cl)cc21. The largest absolute Gasteiger partial charge is 0.496 e. The molecule has 10 heteroatoms. The Labute approximate surface area is 261 Å². The maximum Gasteiger partial charge on any atom is 0.253 e. The number of carbonyl (C=O) groups is 1. The van der Waals surface area contributed by atoms with E-state index in [1.807, 2.05) is 47.2 Å². The number of methoxy groups -OCH3 is 1. The normalized spacial score (nSPS) is 14.9. The average Bonchev–Trinajstić information content (AvgIpc) is 3.20. The minimum Gasteiger partial charge on any atom is -0.496 e. The summed E-state index contributed by atoms with van der Waals surface area (Å²) in [5.74, 6) is 0.416. The van der Waals surface area contributed by atoms with E-state index in [9.17, 15) is 4.79 Å². The van der Waals surface area contributed by atoms with Gasteiger partial charge in [0.05, 0.1) is 30.6 Å². The van der Waals surface area contributed by atoms with Gasteiger partial charge in [0.1, 0.15) is 11.6 Å². The van der Waals surface area contributed by atoms with Gasteiger partial charge in [0.2, 0.25) is 5.95 Å². The van der Waals surface area contributed by atoms with Crippen LogP contribution in [0, 0.1) is 5.82 Å². The van der Waals surface area contributed by atoms with Gasteiger partial charge in [-0.3, -0.25) is 9.79 Å². The number of carbonyl (C=O) groups excluding carboxylic acids is 1. The molecule has 226 valence electrons. The van der Waals surface area contributed by atoms with Crippen LogP contribution in [-0.4, -0.2) is 78.8 Å². The fourth-order valence-corrected chi connectivity index (χ4v) is 6.10. The lowest BCUT2D eigenvalue weighted by Gasteiger charge is -2.35. The van der Waals surface area contributed by atoms with Gasteiger partial charge in [0, 0.05) is 65.3 Å². The molecule has 1 fully saturated rings. The molecular weight excluding hydrogens is 579 g/mol. The summed E-state index contributed by atoms with van der Waals surface area (Å²) >= 11 is 6.45. The molecule has 0 atom stereocenters. The molecule has 8 nitrogen and oxygen atoms in total. The van der Waals surface area contributed by atoms with Crippen molar-refractivity contribution < 1.29 is 13.9 Å². The van der Waals surface area contributed by atoms with Crippen LogP contribution in [0.15, 0.2) is 71.9 Å². The van der Waals surface area contributed by atoms with Crippen LogP contribution in [0.1, 0.15) is 39.9 Å². The molecule has 3 heterocycles. The molecule has 4 aromatic rings. The smallest absolute Gasteiger partial charge is 0.253 e. The third-order valence-corrected chi connectivity index (χ3v) is 8.68. The van der Waals surface area contributed by atoms with Crippen LogP contribution < -0.4 is 9.64 Å². The predicted molar refractivity (Wildman–Crippen MR) is 172 cm³/mol. The van der Waals surface area contributed by atoms with E-state index in [-0.39, 0.29) is 18.0 Å². The number of amides is 1. The van der Waals surface area contributed by atoms with Crippen molar-refractivity contribution >= 4 is 34.9 Å². The summed E-state index contributed by atoms with van der Waals surface area (Å²) in [6, 6.07) is 18.2. The van der Waals surface area contributed by atoms with Crippen LogP contribution >= 0.6 is 11.6 Å². The lowest BCUT2D eigenvalue weighted by Crippen LogP contribution is -2.44. The van der Waals surface area contributed by atoms with Crippen LogP contribution in [0.5, 0.6) is 5.75 Å². The van der Waals surface area contributed by atoms with Crippen molar-refractivity contribution in [2.45, 2.75) is 25.4 Å². The van der Waals surface area contributed by atoms with Gasteiger partial charge < -0.3 is 19.4 Å². The van der Waals surface area contributed by atoms with Crippen molar-refractivity contribution in [3.63, 3.8) is 0 Å². The summed E-state index contributed by atoms with van der Waals surface area (Å²) in [5, 5.41) is 0.494. The lowest BCUT2D eigenvalue weighted by atomic mass is 9.94. The summed E-state index contributed by atoms with van der Waals surface area (Å²) in [7, 11) is 7.56. The second-order valence-electron chi connectivity index (χ2n) is 11.3. The number of aliphatic imine (C=N–C) groups is 1. The molecule has 0 aliphatic carbocycles. The first-order valence-corrected chi connectivity index (χ1v) is 15.0. The first-order valence-electron chi connectivity index (χ1n) is 14.6. The van der Waals surface area contributed by atoms with E-state index >= 15 is 4.39 Å². The number of benzene rings is 3. The summed E-state index contributed by atoms with van der Waals surface area (Å²) < 4.78 is 20.7. The molecule has 1 amide bonds. The standard InChI is InChI=1S/C34H34ClFN6O2/c1-40(2)24-13-15-42(16-14-24)33(43)21-7-5-8-25(17-21)41(3)34-38-20-22-19-37-32(30-28(36)9-6-10-29(30)44-4)27-18-23(35)11-12-26(27)31(22)39-34/h5-12,17-18,20,24H,13-16,19H2,1-4H3. The van der Waals surface area contributed by atoms with E-state index in [0.717, 1.165) is 42.7 Å². The van der Waals surface area contributed by atoms with Gasteiger partial charge in [-0.05, 0) is 69.4 Å². The van der Waals surface area contributed by atoms with Crippen LogP contribution in [0.2, 0.25) is 5.02 Å². The topological polar surface area (TPSA) is 74.2 Å². The number of fused-ring (bicyclic) bond motifs is 3. The molecule has 1 saturated heterocycles. The number of rotatable bonds is 6. The number of aromatic nitrogens is 2. The van der Waals surface area contributed by atoms with Crippen molar-refractivity contribution in [3.8, 4) is 17.0 Å². The second-order valence-corrected chi connectivity index (χ2v) is 11.7. The van der Waals surface area contributed by atoms with Gasteiger partial charge in [-0.2, -0.15) is 0 Å². The first kappa shape index (κ1) is 29.7. The fraction of sp³-hybridized carbons (Fsp3) is 0.294. The highest BCUT2D eigenvalue weighted by Gasteiger charge is 2.27. The highest BCUT2D eigenvalue weighted by atomic mass is 35.5. The quantitative estimate of drug-likeness (QED) is 0.257. The number of ether oxygens (including phenoxy) is 1. The van der Waals surface area contributed by atoms with Gasteiger partial charge in [-0.25, -0.2) is 14.4 Å². The molecule has 2 aliphatic rings. The fourth-order valence-electron chi connectivity index (χ4n) is 5.93. The third kappa shape index (κ3) is 5.65. The van der Waals surface area contributed by atoms with Crippen molar-refractivity contribution in [2.75, 3.05) is 46.2 Å². The lowest BCUT2D eigenvalue weighted by molar-refractivity contribution is 0.0663. The summed E-state index contributed by atoms with van der Waals surface area (Å²) in [5.41, 5.74) is 5.00. The number of anilines is 2. The molecule has 0 unspecified atom stereocenters. The molecule has 2 aliphatic heterocycles. The van der Waals surface area contributed by atoms with Crippen molar-refractivity contribution in [1.82, 2.24) is 19.8 Å². The first-order chi connectivity index (χ1) is 21.2.